The molecule has 7 heteroatoms. The topological polar surface area (TPSA) is 53.1 Å². The van der Waals surface area contributed by atoms with Gasteiger partial charge in [0.1, 0.15) is 6.61 Å². The molecule has 2 fully saturated rings. The van der Waals surface area contributed by atoms with Gasteiger partial charge < -0.3 is 14.5 Å². The van der Waals surface area contributed by atoms with Gasteiger partial charge in [0.05, 0.1) is 5.69 Å². The number of thiophene rings is 1. The number of rotatable bonds is 5. The molecule has 35 heavy (non-hydrogen) atoms. The molecule has 1 saturated carbocycles. The fraction of sp³-hybridized carbons (Fsp3) is 0.571. The number of amides is 2. The van der Waals surface area contributed by atoms with E-state index in [1.54, 1.807) is 11.3 Å². The first-order valence-corrected chi connectivity index (χ1v) is 14.1. The number of hydrogen-bond donors (Lipinski definition) is 0. The minimum absolute atomic E-state index is 0.0484. The zero-order chi connectivity index (χ0) is 24.8. The number of carbonyl (C=O) groups is 2. The molecule has 1 aliphatic carbocycles. The summed E-state index contributed by atoms with van der Waals surface area (Å²) in [5, 5.41) is 2.08. The van der Waals surface area contributed by atoms with Crippen LogP contribution in [-0.2, 0) is 17.8 Å². The lowest BCUT2D eigenvalue weighted by atomic mass is 10.0. The molecule has 2 amide bonds. The minimum Gasteiger partial charge on any atom is -0.445 e. The number of hydrogen-bond acceptors (Lipinski definition) is 5. The van der Waals surface area contributed by atoms with Crippen molar-refractivity contribution in [2.75, 3.05) is 44.2 Å². The van der Waals surface area contributed by atoms with Gasteiger partial charge in [-0.3, -0.25) is 9.69 Å². The number of nitrogens with zero attached hydrogens (tertiary/aromatic N) is 3. The Morgan fingerprint density at radius 1 is 1.03 bits per heavy atom. The third-order valence-electron chi connectivity index (χ3n) is 7.08. The van der Waals surface area contributed by atoms with Crippen molar-refractivity contribution >= 4 is 29.0 Å². The van der Waals surface area contributed by atoms with Crippen molar-refractivity contribution in [3.05, 3.63) is 51.2 Å². The summed E-state index contributed by atoms with van der Waals surface area (Å²) in [6.45, 7) is 11.5. The Morgan fingerprint density at radius 3 is 2.51 bits per heavy atom. The van der Waals surface area contributed by atoms with E-state index in [0.717, 1.165) is 74.7 Å². The normalized spacial score (nSPS) is 18.3. The molecule has 5 rings (SSSR count). The van der Waals surface area contributed by atoms with Crippen molar-refractivity contribution in [3.63, 3.8) is 0 Å². The molecule has 2 aromatic rings. The molecule has 6 nitrogen and oxygen atoms in total. The minimum atomic E-state index is -0.241. The van der Waals surface area contributed by atoms with Crippen LogP contribution in [0.2, 0.25) is 0 Å². The summed E-state index contributed by atoms with van der Waals surface area (Å²) in [5.41, 5.74) is 3.67. The predicted molar refractivity (Wildman–Crippen MR) is 142 cm³/mol. The summed E-state index contributed by atoms with van der Waals surface area (Å²) < 4.78 is 5.62. The number of fused-ring (bicyclic) bond motifs is 1. The maximum absolute atomic E-state index is 13.3. The molecule has 0 N–H and O–H groups in total. The maximum Gasteiger partial charge on any atom is 0.410 e. The number of benzene rings is 1. The molecule has 3 heterocycles. The molecule has 0 atom stereocenters. The second-order valence-electron chi connectivity index (χ2n) is 9.57. The lowest BCUT2D eigenvalue weighted by Crippen LogP contribution is -2.49. The molecule has 0 spiro atoms. The average molecular weight is 498 g/mol. The van der Waals surface area contributed by atoms with Gasteiger partial charge >= 0.3 is 6.09 Å². The van der Waals surface area contributed by atoms with Crippen LogP contribution in [0, 0.1) is 12.8 Å². The molecular formula is C28H39N3O3S. The Kier molecular flexibility index (Phi) is 8.84. The predicted octanol–water partition coefficient (Wildman–Crippen LogP) is 5.73. The largest absolute Gasteiger partial charge is 0.445 e. The molecule has 2 aliphatic heterocycles. The zero-order valence-corrected chi connectivity index (χ0v) is 22.2. The van der Waals surface area contributed by atoms with Crippen molar-refractivity contribution in [3.8, 4) is 0 Å². The zero-order valence-electron chi connectivity index (χ0n) is 21.4. The van der Waals surface area contributed by atoms with Crippen molar-refractivity contribution in [2.45, 2.75) is 59.5 Å². The lowest BCUT2D eigenvalue weighted by molar-refractivity contribution is 0.0705. The third-order valence-corrected chi connectivity index (χ3v) is 8.05. The van der Waals surface area contributed by atoms with Crippen LogP contribution in [-0.4, -0.2) is 61.1 Å². The highest BCUT2D eigenvalue weighted by Gasteiger charge is 2.28. The van der Waals surface area contributed by atoms with Crippen molar-refractivity contribution in [1.82, 2.24) is 9.80 Å². The van der Waals surface area contributed by atoms with Crippen LogP contribution in [0.4, 0.5) is 10.5 Å². The highest BCUT2D eigenvalue weighted by molar-refractivity contribution is 7.10. The van der Waals surface area contributed by atoms with E-state index in [1.165, 1.54) is 24.3 Å². The molecule has 190 valence electrons. The fourth-order valence-corrected chi connectivity index (χ4v) is 5.73. The molecule has 0 bridgehead atoms. The lowest BCUT2D eigenvalue weighted by Gasteiger charge is -2.34. The van der Waals surface area contributed by atoms with Crippen LogP contribution in [0.5, 0.6) is 0 Å². The fourth-order valence-electron chi connectivity index (χ4n) is 4.80. The molecule has 0 radical (unpaired) electrons. The second-order valence-corrected chi connectivity index (χ2v) is 10.6. The number of anilines is 1. The third kappa shape index (κ3) is 6.44. The number of carbonyl (C=O) groups excluding carboxylic acids is 2. The summed E-state index contributed by atoms with van der Waals surface area (Å²) in [6.07, 6.45) is 5.68. The van der Waals surface area contributed by atoms with Crippen molar-refractivity contribution in [2.24, 2.45) is 5.92 Å². The maximum atomic E-state index is 13.3. The van der Waals surface area contributed by atoms with Gasteiger partial charge in [0.15, 0.2) is 0 Å². The van der Waals surface area contributed by atoms with Gasteiger partial charge in [-0.15, -0.1) is 11.3 Å². The van der Waals surface area contributed by atoms with Crippen LogP contribution >= 0.6 is 11.3 Å². The standard InChI is InChI=1S/C26H33N3O3S.C2H6/c1-19-16-21(25(30)29-10-3-2-4-24-23(29)9-15-33-24)7-8-22(19)18-32-26(31)28-13-11-27(12-14-28)17-20-5-6-20;1-2/h7-9,15-16,20H,2-6,10-14,17-18H2,1H3;1-2H3. The summed E-state index contributed by atoms with van der Waals surface area (Å²) in [4.78, 5) is 33.3. The van der Waals surface area contributed by atoms with Gasteiger partial charge in [-0.1, -0.05) is 19.9 Å². The highest BCUT2D eigenvalue weighted by Crippen LogP contribution is 2.32. The van der Waals surface area contributed by atoms with Gasteiger partial charge in [-0.2, -0.15) is 0 Å². The Bertz CT molecular complexity index is 1010. The van der Waals surface area contributed by atoms with Crippen LogP contribution in [0.15, 0.2) is 29.6 Å². The molecule has 1 aromatic carbocycles. The van der Waals surface area contributed by atoms with Crippen LogP contribution in [0.1, 0.15) is 65.9 Å². The van der Waals surface area contributed by atoms with Crippen LogP contribution < -0.4 is 4.90 Å². The molecule has 1 aromatic heterocycles. The van der Waals surface area contributed by atoms with Gasteiger partial charge in [0.25, 0.3) is 5.91 Å². The van der Waals surface area contributed by atoms with Gasteiger partial charge in [0, 0.05) is 49.7 Å². The van der Waals surface area contributed by atoms with E-state index in [1.807, 2.05) is 48.8 Å². The highest BCUT2D eigenvalue weighted by atomic mass is 32.1. The Hall–Kier alpha value is -2.38. The molecular weight excluding hydrogens is 458 g/mol. The van der Waals surface area contributed by atoms with E-state index in [-0.39, 0.29) is 18.6 Å². The van der Waals surface area contributed by atoms with Gasteiger partial charge in [-0.25, -0.2) is 4.79 Å². The Balaban J connectivity index is 0.00000141. The van der Waals surface area contributed by atoms with E-state index in [4.69, 9.17) is 4.74 Å². The Labute approximate surface area is 213 Å². The van der Waals surface area contributed by atoms with E-state index in [9.17, 15) is 9.59 Å². The monoisotopic (exact) mass is 497 g/mol. The summed E-state index contributed by atoms with van der Waals surface area (Å²) >= 11 is 1.74. The van der Waals surface area contributed by atoms with E-state index in [0.29, 0.717) is 5.56 Å². The number of ether oxygens (including phenoxy) is 1. The SMILES string of the molecule is CC.Cc1cc(C(=O)N2CCCCc3sccc32)ccc1COC(=O)N1CCN(CC2CC2)CC1. The quantitative estimate of drug-likeness (QED) is 0.529. The van der Waals surface area contributed by atoms with Gasteiger partial charge in [-0.05, 0) is 79.7 Å². The summed E-state index contributed by atoms with van der Waals surface area (Å²) in [6, 6.07) is 7.79. The first-order valence-electron chi connectivity index (χ1n) is 13.2. The summed E-state index contributed by atoms with van der Waals surface area (Å²) in [7, 11) is 0. The van der Waals surface area contributed by atoms with Crippen molar-refractivity contribution in [1.29, 1.82) is 0 Å². The van der Waals surface area contributed by atoms with E-state index in [2.05, 4.69) is 16.3 Å². The first-order chi connectivity index (χ1) is 17.1. The number of aryl methyl sites for hydroxylation is 2. The molecule has 0 unspecified atom stereocenters. The molecule has 3 aliphatic rings. The smallest absolute Gasteiger partial charge is 0.410 e. The molecule has 1 saturated heterocycles. The van der Waals surface area contributed by atoms with Gasteiger partial charge in [0.2, 0.25) is 0 Å². The van der Waals surface area contributed by atoms with E-state index < -0.39 is 0 Å². The average Bonchev–Trinajstić information content (AvgIpc) is 3.63. The van der Waals surface area contributed by atoms with Crippen LogP contribution in [0.25, 0.3) is 0 Å². The Morgan fingerprint density at radius 2 is 1.80 bits per heavy atom. The van der Waals surface area contributed by atoms with E-state index >= 15 is 0 Å². The van der Waals surface area contributed by atoms with Crippen molar-refractivity contribution < 1.29 is 14.3 Å². The summed E-state index contributed by atoms with van der Waals surface area (Å²) in [5.74, 6) is 0.931. The number of piperazine rings is 1. The van der Waals surface area contributed by atoms with Crippen LogP contribution in [0.3, 0.4) is 0 Å². The second kappa shape index (κ2) is 12.0. The first kappa shape index (κ1) is 25.7.